The van der Waals surface area contributed by atoms with Crippen molar-refractivity contribution in [2.45, 2.75) is 51.3 Å². The van der Waals surface area contributed by atoms with Gasteiger partial charge in [-0.3, -0.25) is 4.90 Å². The monoisotopic (exact) mass is 261 g/mol. The van der Waals surface area contributed by atoms with Crippen LogP contribution in [-0.2, 0) is 9.84 Å². The summed E-state index contributed by atoms with van der Waals surface area (Å²) in [4.78, 5) is 2.25. The fourth-order valence-electron chi connectivity index (χ4n) is 2.82. The highest BCUT2D eigenvalue weighted by Gasteiger charge is 2.43. The minimum atomic E-state index is -3.03. The third-order valence-electron chi connectivity index (χ3n) is 3.84. The summed E-state index contributed by atoms with van der Waals surface area (Å²) >= 11 is 0. The Bertz CT molecular complexity index is 362. The minimum Gasteiger partial charge on any atom is -0.390 e. The van der Waals surface area contributed by atoms with Crippen molar-refractivity contribution in [2.24, 2.45) is 5.92 Å². The van der Waals surface area contributed by atoms with Crippen molar-refractivity contribution in [3.05, 3.63) is 0 Å². The summed E-state index contributed by atoms with van der Waals surface area (Å²) in [7, 11) is -3.03. The Balaban J connectivity index is 2.09. The maximum absolute atomic E-state index is 11.6. The number of aliphatic hydroxyl groups is 1. The predicted octanol–water partition coefficient (Wildman–Crippen LogP) is 0.655. The van der Waals surface area contributed by atoms with Gasteiger partial charge in [0.05, 0.1) is 23.7 Å². The van der Waals surface area contributed by atoms with Gasteiger partial charge in [-0.2, -0.15) is 0 Å². The van der Waals surface area contributed by atoms with Crippen LogP contribution in [0.1, 0.15) is 33.1 Å². The molecule has 17 heavy (non-hydrogen) atoms. The van der Waals surface area contributed by atoms with Gasteiger partial charge in [-0.05, 0) is 18.8 Å². The van der Waals surface area contributed by atoms with Crippen LogP contribution in [0.4, 0.5) is 0 Å². The largest absolute Gasteiger partial charge is 0.390 e. The molecule has 2 aliphatic rings. The Morgan fingerprint density at radius 1 is 1.29 bits per heavy atom. The van der Waals surface area contributed by atoms with E-state index in [1.54, 1.807) is 0 Å². The summed E-state index contributed by atoms with van der Waals surface area (Å²) in [6.07, 6.45) is 2.83. The van der Waals surface area contributed by atoms with Gasteiger partial charge in [0, 0.05) is 12.6 Å². The molecule has 0 aromatic rings. The quantitative estimate of drug-likeness (QED) is 0.807. The molecule has 2 fully saturated rings. The first-order valence-electron chi connectivity index (χ1n) is 6.53. The van der Waals surface area contributed by atoms with Crippen LogP contribution in [0.5, 0.6) is 0 Å². The molecule has 2 atom stereocenters. The molecule has 0 aromatic carbocycles. The van der Waals surface area contributed by atoms with E-state index in [1.165, 1.54) is 6.42 Å². The van der Waals surface area contributed by atoms with E-state index < -0.39 is 15.9 Å². The highest BCUT2D eigenvalue weighted by Crippen LogP contribution is 2.31. The van der Waals surface area contributed by atoms with E-state index in [2.05, 4.69) is 18.7 Å². The van der Waals surface area contributed by atoms with Crippen molar-refractivity contribution in [1.29, 1.82) is 0 Å². The van der Waals surface area contributed by atoms with Crippen LogP contribution in [0.15, 0.2) is 0 Å². The fraction of sp³-hybridized carbons (Fsp3) is 1.00. The first-order valence-corrected chi connectivity index (χ1v) is 8.35. The number of hydrogen-bond acceptors (Lipinski definition) is 4. The van der Waals surface area contributed by atoms with Gasteiger partial charge in [-0.1, -0.05) is 20.3 Å². The molecular formula is C12H23NO3S. The average Bonchev–Trinajstić information content (AvgIpc) is 2.34. The first kappa shape index (κ1) is 13.3. The second kappa shape index (κ2) is 4.86. The first-order chi connectivity index (χ1) is 7.89. The van der Waals surface area contributed by atoms with Crippen LogP contribution < -0.4 is 0 Å². The lowest BCUT2D eigenvalue weighted by molar-refractivity contribution is 0.0187. The molecule has 0 unspecified atom stereocenters. The predicted molar refractivity (Wildman–Crippen MR) is 67.6 cm³/mol. The van der Waals surface area contributed by atoms with E-state index in [1.807, 2.05) is 0 Å². The summed E-state index contributed by atoms with van der Waals surface area (Å²) in [5.41, 5.74) is 0. The number of sulfone groups is 1. The molecule has 1 aliphatic carbocycles. The molecule has 0 amide bonds. The van der Waals surface area contributed by atoms with E-state index in [9.17, 15) is 13.5 Å². The highest BCUT2D eigenvalue weighted by molar-refractivity contribution is 7.91. The van der Waals surface area contributed by atoms with Gasteiger partial charge in [-0.15, -0.1) is 0 Å². The van der Waals surface area contributed by atoms with Gasteiger partial charge >= 0.3 is 0 Å². The number of hydrogen-bond donors (Lipinski definition) is 1. The van der Waals surface area contributed by atoms with Crippen molar-refractivity contribution >= 4 is 9.84 Å². The molecule has 1 heterocycles. The zero-order valence-electron chi connectivity index (χ0n) is 10.7. The van der Waals surface area contributed by atoms with Gasteiger partial charge in [0.1, 0.15) is 0 Å². The normalized spacial score (nSPS) is 33.2. The molecule has 4 nitrogen and oxygen atoms in total. The van der Waals surface area contributed by atoms with Crippen molar-refractivity contribution in [3.63, 3.8) is 0 Å². The zero-order chi connectivity index (χ0) is 12.6. The lowest BCUT2D eigenvalue weighted by atomic mass is 9.89. The summed E-state index contributed by atoms with van der Waals surface area (Å²) in [5, 5.41) is 9.96. The topological polar surface area (TPSA) is 57.6 Å². The summed E-state index contributed by atoms with van der Waals surface area (Å²) < 4.78 is 23.2. The minimum absolute atomic E-state index is 0.0566. The molecule has 1 aliphatic heterocycles. The smallest absolute Gasteiger partial charge is 0.154 e. The zero-order valence-corrected chi connectivity index (χ0v) is 11.5. The van der Waals surface area contributed by atoms with Crippen LogP contribution in [0, 0.1) is 5.92 Å². The number of aliphatic hydroxyl groups excluding tert-OH is 1. The Morgan fingerprint density at radius 3 is 2.29 bits per heavy atom. The van der Waals surface area contributed by atoms with Crippen molar-refractivity contribution < 1.29 is 13.5 Å². The van der Waals surface area contributed by atoms with E-state index in [-0.39, 0.29) is 17.5 Å². The Hall–Kier alpha value is -0.130. The molecule has 1 saturated heterocycles. The highest BCUT2D eigenvalue weighted by atomic mass is 32.2. The maximum Gasteiger partial charge on any atom is 0.154 e. The Labute approximate surface area is 104 Å². The molecule has 5 heteroatoms. The van der Waals surface area contributed by atoms with Gasteiger partial charge in [0.25, 0.3) is 0 Å². The maximum atomic E-state index is 11.6. The molecule has 0 aromatic heterocycles. The van der Waals surface area contributed by atoms with Crippen molar-refractivity contribution in [3.8, 4) is 0 Å². The molecule has 1 N–H and O–H groups in total. The fourth-order valence-corrected chi connectivity index (χ4v) is 4.64. The summed E-state index contributed by atoms with van der Waals surface area (Å²) in [6, 6.07) is 0.318. The van der Waals surface area contributed by atoms with Gasteiger partial charge in [0.15, 0.2) is 9.84 Å². The number of nitrogens with zero attached hydrogens (tertiary/aromatic N) is 1. The van der Waals surface area contributed by atoms with Crippen molar-refractivity contribution in [1.82, 2.24) is 4.90 Å². The van der Waals surface area contributed by atoms with Crippen LogP contribution in [0.2, 0.25) is 0 Å². The van der Waals surface area contributed by atoms with Crippen LogP contribution >= 0.6 is 0 Å². The third-order valence-corrected chi connectivity index (χ3v) is 5.54. The Kier molecular flexibility index (Phi) is 3.80. The molecule has 0 spiro atoms. The van der Waals surface area contributed by atoms with E-state index in [0.717, 1.165) is 19.4 Å². The SMILES string of the molecule is CC(C)CN(C1CCC1)[C@@H]1CS(=O)(=O)C[C@H]1O. The molecular weight excluding hydrogens is 238 g/mol. The van der Waals surface area contributed by atoms with E-state index in [0.29, 0.717) is 12.0 Å². The van der Waals surface area contributed by atoms with E-state index in [4.69, 9.17) is 0 Å². The van der Waals surface area contributed by atoms with E-state index >= 15 is 0 Å². The van der Waals surface area contributed by atoms with Crippen molar-refractivity contribution in [2.75, 3.05) is 18.1 Å². The van der Waals surface area contributed by atoms with Crippen LogP contribution in [0.3, 0.4) is 0 Å². The second-order valence-electron chi connectivity index (χ2n) is 5.89. The van der Waals surface area contributed by atoms with Gasteiger partial charge in [0.2, 0.25) is 0 Å². The number of rotatable bonds is 4. The Morgan fingerprint density at radius 2 is 1.94 bits per heavy atom. The van der Waals surface area contributed by atoms with Gasteiger partial charge in [-0.25, -0.2) is 8.42 Å². The molecule has 100 valence electrons. The lowest BCUT2D eigenvalue weighted by Crippen LogP contribution is -2.52. The average molecular weight is 261 g/mol. The van der Waals surface area contributed by atoms with Crippen LogP contribution in [0.25, 0.3) is 0 Å². The van der Waals surface area contributed by atoms with Crippen LogP contribution in [-0.4, -0.2) is 54.7 Å². The molecule has 0 bridgehead atoms. The van der Waals surface area contributed by atoms with Gasteiger partial charge < -0.3 is 5.11 Å². The molecule has 2 rings (SSSR count). The molecule has 1 saturated carbocycles. The summed E-state index contributed by atoms with van der Waals surface area (Å²) in [5.74, 6) is 0.585. The second-order valence-corrected chi connectivity index (χ2v) is 8.04. The third kappa shape index (κ3) is 3.01. The molecule has 0 radical (unpaired) electrons. The standard InChI is InChI=1S/C12H23NO3S/c1-9(2)6-13(10-4-3-5-10)11-7-17(15,16)8-12(11)14/h9-12,14H,3-8H2,1-2H3/t11-,12-/m1/s1. The lowest BCUT2D eigenvalue weighted by Gasteiger charge is -2.42. The summed E-state index contributed by atoms with van der Waals surface area (Å²) in [6.45, 7) is 5.17.